The summed E-state index contributed by atoms with van der Waals surface area (Å²) in [7, 11) is 1.97. The Balaban J connectivity index is 2.16. The Morgan fingerprint density at radius 2 is 2.00 bits per heavy atom. The van der Waals surface area contributed by atoms with Gasteiger partial charge in [0.1, 0.15) is 0 Å². The summed E-state index contributed by atoms with van der Waals surface area (Å²) in [5, 5.41) is 10.1. The monoisotopic (exact) mass is 189 g/mol. The van der Waals surface area contributed by atoms with Crippen LogP contribution < -0.4 is 0 Å². The van der Waals surface area contributed by atoms with Crippen molar-refractivity contribution in [1.29, 1.82) is 0 Å². The maximum Gasteiger partial charge on any atom is 0.0645 e. The van der Waals surface area contributed by atoms with Crippen LogP contribution in [-0.4, -0.2) is 60.7 Å². The molecule has 13 heavy (non-hydrogen) atoms. The summed E-state index contributed by atoms with van der Waals surface area (Å²) < 4.78 is 37.5. The van der Waals surface area contributed by atoms with Crippen molar-refractivity contribution in [2.75, 3.05) is 39.7 Å². The van der Waals surface area contributed by atoms with E-state index in [1.807, 2.05) is 7.05 Å². The van der Waals surface area contributed by atoms with Gasteiger partial charge in [-0.25, -0.2) is 0 Å². The van der Waals surface area contributed by atoms with Crippen molar-refractivity contribution in [1.82, 2.24) is 9.80 Å². The number of nitrogens with zero attached hydrogens (tertiary/aromatic N) is 2. The predicted molar refractivity (Wildman–Crippen MR) is 52.6 cm³/mol. The minimum absolute atomic E-state index is 0.0695. The first-order valence-corrected chi connectivity index (χ1v) is 4.74. The third-order valence-corrected chi connectivity index (χ3v) is 3.13. The van der Waals surface area contributed by atoms with E-state index in [2.05, 4.69) is 4.90 Å². The standard InChI is InChI=1S/C10H20N2O/c1-3-12-6-8-4-11(2)5-9(7-12)10(8)13/h8-10,13H,3-7H2,1-2H3/t8-,9+,10?/i1D3,3D2. The number of hydrogen-bond donors (Lipinski definition) is 1. The summed E-state index contributed by atoms with van der Waals surface area (Å²) in [4.78, 5) is 3.50. The lowest BCUT2D eigenvalue weighted by atomic mass is 9.82. The lowest BCUT2D eigenvalue weighted by Crippen LogP contribution is -2.59. The predicted octanol–water partition coefficient (Wildman–Crippen LogP) is -0.139. The lowest BCUT2D eigenvalue weighted by Gasteiger charge is -2.47. The van der Waals surface area contributed by atoms with Crippen LogP contribution in [0, 0.1) is 11.8 Å². The third kappa shape index (κ3) is 1.73. The summed E-state index contributed by atoms with van der Waals surface area (Å²) in [6.45, 7) is -3.01. The van der Waals surface area contributed by atoms with Gasteiger partial charge in [0.2, 0.25) is 0 Å². The molecular formula is C10H20N2O. The van der Waals surface area contributed by atoms with E-state index in [-0.39, 0.29) is 11.8 Å². The van der Waals surface area contributed by atoms with Crippen LogP contribution in [0.4, 0.5) is 0 Å². The van der Waals surface area contributed by atoms with Gasteiger partial charge in [0.25, 0.3) is 0 Å². The average molecular weight is 189 g/mol. The van der Waals surface area contributed by atoms with E-state index in [1.165, 1.54) is 4.90 Å². The fourth-order valence-electron chi connectivity index (χ4n) is 2.54. The second kappa shape index (κ2) is 3.56. The Bertz CT molecular complexity index is 306. The van der Waals surface area contributed by atoms with Crippen molar-refractivity contribution in [2.45, 2.75) is 13.0 Å². The number of aliphatic hydroxyl groups is 1. The van der Waals surface area contributed by atoms with E-state index in [4.69, 9.17) is 6.85 Å². The molecule has 76 valence electrons. The number of piperidine rings is 2. The second-order valence-electron chi connectivity index (χ2n) is 4.25. The number of hydrogen-bond acceptors (Lipinski definition) is 3. The molecule has 2 bridgehead atoms. The van der Waals surface area contributed by atoms with Gasteiger partial charge < -0.3 is 14.9 Å². The second-order valence-corrected chi connectivity index (χ2v) is 4.25. The van der Waals surface area contributed by atoms with Gasteiger partial charge in [-0.2, -0.15) is 0 Å². The summed E-state index contributed by atoms with van der Waals surface area (Å²) in [5.74, 6) is -0.139. The van der Waals surface area contributed by atoms with E-state index in [0.29, 0.717) is 26.2 Å². The molecule has 2 aliphatic heterocycles. The maximum atomic E-state index is 10.1. The normalized spacial score (nSPS) is 50.0. The quantitative estimate of drug-likeness (QED) is 0.622. The first-order valence-electron chi connectivity index (χ1n) is 7.24. The van der Waals surface area contributed by atoms with Gasteiger partial charge in [0.05, 0.1) is 6.10 Å². The molecule has 0 aromatic rings. The number of fused-ring (bicyclic) bond motifs is 2. The molecule has 0 aliphatic carbocycles. The van der Waals surface area contributed by atoms with Crippen molar-refractivity contribution in [3.05, 3.63) is 0 Å². The molecule has 2 rings (SSSR count). The van der Waals surface area contributed by atoms with Gasteiger partial charge in [-0.1, -0.05) is 6.85 Å². The topological polar surface area (TPSA) is 26.7 Å². The summed E-state index contributed by atoms with van der Waals surface area (Å²) in [6, 6.07) is 0. The Kier molecular flexibility index (Phi) is 1.40. The average Bonchev–Trinajstić information content (AvgIpc) is 2.18. The SMILES string of the molecule is [2H]C([2H])([2H])C([2H])([2H])N1C[C@H]2CN(C)C[C@@H](C1)C2O. The molecule has 0 spiro atoms. The molecule has 0 amide bonds. The molecule has 0 aromatic carbocycles. The molecule has 3 heteroatoms. The van der Waals surface area contributed by atoms with Crippen LogP contribution in [0.5, 0.6) is 0 Å². The third-order valence-electron chi connectivity index (χ3n) is 3.13. The van der Waals surface area contributed by atoms with Crippen molar-refractivity contribution >= 4 is 0 Å². The zero-order valence-electron chi connectivity index (χ0n) is 12.9. The van der Waals surface area contributed by atoms with E-state index in [9.17, 15) is 5.11 Å². The van der Waals surface area contributed by atoms with Crippen LogP contribution in [-0.2, 0) is 0 Å². The highest BCUT2D eigenvalue weighted by Crippen LogP contribution is 2.27. The van der Waals surface area contributed by atoms with Gasteiger partial charge in [-0.05, 0) is 13.5 Å². The van der Waals surface area contributed by atoms with Crippen molar-refractivity contribution in [3.8, 4) is 0 Å². The Hall–Kier alpha value is -0.120. The molecule has 1 N–H and O–H groups in total. The largest absolute Gasteiger partial charge is 0.392 e. The van der Waals surface area contributed by atoms with Crippen molar-refractivity contribution in [2.24, 2.45) is 11.8 Å². The van der Waals surface area contributed by atoms with Gasteiger partial charge in [0.15, 0.2) is 0 Å². The molecule has 2 fully saturated rings. The molecule has 0 aromatic heterocycles. The smallest absolute Gasteiger partial charge is 0.0645 e. The van der Waals surface area contributed by atoms with E-state index in [1.54, 1.807) is 0 Å². The first kappa shape index (κ1) is 5.10. The lowest BCUT2D eigenvalue weighted by molar-refractivity contribution is -0.0708. The van der Waals surface area contributed by atoms with Crippen LogP contribution in [0.25, 0.3) is 0 Å². The van der Waals surface area contributed by atoms with Crippen molar-refractivity contribution < 1.29 is 12.0 Å². The van der Waals surface area contributed by atoms with Crippen LogP contribution in [0.15, 0.2) is 0 Å². The minimum atomic E-state index is -2.66. The fraction of sp³-hybridized carbons (Fsp3) is 1.00. The zero-order chi connectivity index (χ0) is 13.7. The molecule has 2 heterocycles. The molecular weight excluding hydrogens is 164 g/mol. The Labute approximate surface area is 87.4 Å². The molecule has 0 saturated carbocycles. The highest BCUT2D eigenvalue weighted by Gasteiger charge is 2.39. The Morgan fingerprint density at radius 3 is 2.54 bits per heavy atom. The van der Waals surface area contributed by atoms with Gasteiger partial charge in [0, 0.05) is 44.9 Å². The van der Waals surface area contributed by atoms with Crippen LogP contribution in [0.1, 0.15) is 13.7 Å². The van der Waals surface area contributed by atoms with Crippen LogP contribution in [0.2, 0.25) is 0 Å². The molecule has 0 radical (unpaired) electrons. The molecule has 1 unspecified atom stereocenters. The number of likely N-dealkylation sites (tertiary alicyclic amines) is 2. The summed E-state index contributed by atoms with van der Waals surface area (Å²) in [5.41, 5.74) is 0. The first-order chi connectivity index (χ1) is 8.13. The van der Waals surface area contributed by atoms with Gasteiger partial charge >= 0.3 is 0 Å². The highest BCUT2D eigenvalue weighted by atomic mass is 16.3. The summed E-state index contributed by atoms with van der Waals surface area (Å²) in [6.07, 6.45) is -0.440. The molecule has 3 nitrogen and oxygen atoms in total. The Morgan fingerprint density at radius 1 is 1.38 bits per heavy atom. The zero-order valence-corrected chi connectivity index (χ0v) is 7.90. The number of aliphatic hydroxyl groups excluding tert-OH is 1. The molecule has 2 saturated heterocycles. The molecule has 2 aliphatic rings. The van der Waals surface area contributed by atoms with E-state index >= 15 is 0 Å². The van der Waals surface area contributed by atoms with Crippen molar-refractivity contribution in [3.63, 3.8) is 0 Å². The van der Waals surface area contributed by atoms with Crippen LogP contribution in [0.3, 0.4) is 0 Å². The fourth-order valence-corrected chi connectivity index (χ4v) is 2.54. The molecule has 3 atom stereocenters. The van der Waals surface area contributed by atoms with E-state index in [0.717, 1.165) is 0 Å². The van der Waals surface area contributed by atoms with Crippen LogP contribution >= 0.6 is 0 Å². The minimum Gasteiger partial charge on any atom is -0.392 e. The highest BCUT2D eigenvalue weighted by molar-refractivity contribution is 4.92. The van der Waals surface area contributed by atoms with Gasteiger partial charge in [-0.15, -0.1) is 0 Å². The number of rotatable bonds is 1. The summed E-state index contributed by atoms with van der Waals surface area (Å²) >= 11 is 0. The van der Waals surface area contributed by atoms with E-state index < -0.39 is 19.5 Å². The maximum absolute atomic E-state index is 10.1. The van der Waals surface area contributed by atoms with Gasteiger partial charge in [-0.3, -0.25) is 0 Å².